The largest absolute Gasteiger partial charge is 0.507 e. The summed E-state index contributed by atoms with van der Waals surface area (Å²) in [6, 6.07) is 9.48. The molecule has 2 aromatic rings. The molecule has 0 radical (unpaired) electrons. The van der Waals surface area contributed by atoms with E-state index in [0.29, 0.717) is 5.56 Å². The van der Waals surface area contributed by atoms with Crippen LogP contribution in [0.15, 0.2) is 35.3 Å². The van der Waals surface area contributed by atoms with Crippen molar-refractivity contribution in [1.82, 2.24) is 0 Å². The van der Waals surface area contributed by atoms with Gasteiger partial charge >= 0.3 is 0 Å². The first kappa shape index (κ1) is 16.2. The van der Waals surface area contributed by atoms with Crippen LogP contribution in [0.3, 0.4) is 0 Å². The number of phenolic OH excluding ortho intramolecular Hbond substituents is 1. The predicted molar refractivity (Wildman–Crippen MR) is 96.3 cm³/mol. The molecule has 112 valence electrons. The first-order valence-corrected chi connectivity index (χ1v) is 7.96. The van der Waals surface area contributed by atoms with Gasteiger partial charge in [0.2, 0.25) is 0 Å². The number of rotatable bonds is 3. The van der Waals surface area contributed by atoms with Gasteiger partial charge < -0.3 is 10.2 Å². The maximum absolute atomic E-state index is 10.4. The number of benzene rings is 2. The van der Waals surface area contributed by atoms with Crippen LogP contribution in [0.25, 0.3) is 10.8 Å². The lowest BCUT2D eigenvalue weighted by atomic mass is 9.88. The Morgan fingerprint density at radius 3 is 2.43 bits per heavy atom. The Hall–Kier alpha value is -1.14. The van der Waals surface area contributed by atoms with Gasteiger partial charge in [0.15, 0.2) is 0 Å². The minimum Gasteiger partial charge on any atom is -0.507 e. The summed E-state index contributed by atoms with van der Waals surface area (Å²) in [5, 5.41) is 21.7. The van der Waals surface area contributed by atoms with Crippen molar-refractivity contribution in [2.45, 2.75) is 26.8 Å². The van der Waals surface area contributed by atoms with Crippen LogP contribution in [0.5, 0.6) is 5.75 Å². The number of hydrogen-bond acceptors (Lipinski definition) is 3. The molecule has 0 saturated carbocycles. The van der Waals surface area contributed by atoms with Crippen LogP contribution in [0.4, 0.5) is 0 Å². The first-order chi connectivity index (χ1) is 9.84. The van der Waals surface area contributed by atoms with E-state index in [1.165, 1.54) is 0 Å². The van der Waals surface area contributed by atoms with Crippen LogP contribution in [-0.4, -0.2) is 29.1 Å². The quantitative estimate of drug-likeness (QED) is 0.608. The molecule has 2 rings (SSSR count). The summed E-state index contributed by atoms with van der Waals surface area (Å²) in [6.45, 7) is 6.10. The number of aliphatic hydroxyl groups excluding tert-OH is 1. The molecule has 0 spiro atoms. The Balaban J connectivity index is 2.46. The number of aliphatic imine (C=N–C) groups is 1. The second-order valence-corrected chi connectivity index (χ2v) is 7.35. The number of phenols is 1. The molecule has 1 atom stereocenters. The van der Waals surface area contributed by atoms with E-state index in [-0.39, 0.29) is 23.8 Å². The third kappa shape index (κ3) is 3.55. The van der Waals surface area contributed by atoms with Crippen LogP contribution in [0.2, 0.25) is 0 Å². The maximum Gasteiger partial charge on any atom is 0.132 e. The molecular formula is C17H20INO2. The summed E-state index contributed by atoms with van der Waals surface area (Å²) in [7, 11) is 0. The molecule has 2 aromatic carbocycles. The monoisotopic (exact) mass is 397 g/mol. The minimum atomic E-state index is -0.193. The third-order valence-corrected chi connectivity index (χ3v) is 4.45. The zero-order valence-electron chi connectivity index (χ0n) is 12.5. The van der Waals surface area contributed by atoms with Gasteiger partial charge in [-0.05, 0) is 39.5 Å². The fourth-order valence-electron chi connectivity index (χ4n) is 2.15. The van der Waals surface area contributed by atoms with Crippen LogP contribution < -0.4 is 0 Å². The van der Waals surface area contributed by atoms with E-state index in [1.54, 1.807) is 6.21 Å². The van der Waals surface area contributed by atoms with Crippen molar-refractivity contribution >= 4 is 39.6 Å². The molecule has 0 saturated heterocycles. The van der Waals surface area contributed by atoms with Crippen molar-refractivity contribution in [1.29, 1.82) is 0 Å². The Kier molecular flexibility index (Phi) is 4.88. The highest BCUT2D eigenvalue weighted by atomic mass is 127. The van der Waals surface area contributed by atoms with Gasteiger partial charge in [-0.25, -0.2) is 0 Å². The maximum atomic E-state index is 10.4. The van der Waals surface area contributed by atoms with Crippen molar-refractivity contribution in [2.24, 2.45) is 10.4 Å². The standard InChI is InChI=1S/C17H20INO2/c1-17(2,3)15(10-20)19-9-11-8-14(18)12-6-4-5-7-13(12)16(11)21/h4-9,15,20-21H,10H2,1-3H3/t15-/m1/s1. The van der Waals surface area contributed by atoms with Gasteiger partial charge in [-0.2, -0.15) is 0 Å². The number of nitrogens with zero attached hydrogens (tertiary/aromatic N) is 1. The van der Waals surface area contributed by atoms with Gasteiger partial charge in [-0.15, -0.1) is 0 Å². The molecule has 2 N–H and O–H groups in total. The summed E-state index contributed by atoms with van der Waals surface area (Å²) >= 11 is 2.26. The summed E-state index contributed by atoms with van der Waals surface area (Å²) in [5.41, 5.74) is 0.561. The summed E-state index contributed by atoms with van der Waals surface area (Å²) in [5.74, 6) is 0.236. The normalized spacial score (nSPS) is 14.0. The summed E-state index contributed by atoms with van der Waals surface area (Å²) in [4.78, 5) is 4.45. The van der Waals surface area contributed by atoms with E-state index in [9.17, 15) is 10.2 Å². The molecule has 0 aliphatic rings. The van der Waals surface area contributed by atoms with E-state index in [2.05, 4.69) is 27.6 Å². The molecule has 0 fully saturated rings. The Bertz CT molecular complexity index is 674. The molecule has 0 aliphatic carbocycles. The number of fused-ring (bicyclic) bond motifs is 1. The fourth-order valence-corrected chi connectivity index (χ4v) is 2.96. The average Bonchev–Trinajstić information content (AvgIpc) is 2.43. The third-order valence-electron chi connectivity index (χ3n) is 3.56. The smallest absolute Gasteiger partial charge is 0.132 e. The zero-order chi connectivity index (χ0) is 15.6. The van der Waals surface area contributed by atoms with Crippen LogP contribution in [0.1, 0.15) is 26.3 Å². The van der Waals surface area contributed by atoms with Crippen molar-refractivity contribution in [3.8, 4) is 5.75 Å². The van der Waals surface area contributed by atoms with Crippen molar-refractivity contribution in [3.63, 3.8) is 0 Å². The van der Waals surface area contributed by atoms with Crippen LogP contribution >= 0.6 is 22.6 Å². The van der Waals surface area contributed by atoms with Crippen molar-refractivity contribution in [2.75, 3.05) is 6.61 Å². The summed E-state index contributed by atoms with van der Waals surface area (Å²) in [6.07, 6.45) is 1.66. The second kappa shape index (κ2) is 6.32. The predicted octanol–water partition coefficient (Wildman–Crippen LogP) is 3.98. The van der Waals surface area contributed by atoms with Crippen molar-refractivity contribution in [3.05, 3.63) is 39.5 Å². The molecule has 0 aromatic heterocycles. The SMILES string of the molecule is CC(C)(C)[C@@H](CO)N=Cc1cc(I)c2ccccc2c1O. The topological polar surface area (TPSA) is 52.8 Å². The van der Waals surface area contributed by atoms with Gasteiger partial charge in [0.05, 0.1) is 12.6 Å². The first-order valence-electron chi connectivity index (χ1n) is 6.89. The highest BCUT2D eigenvalue weighted by molar-refractivity contribution is 14.1. The molecule has 0 amide bonds. The summed E-state index contributed by atoms with van der Waals surface area (Å²) < 4.78 is 1.07. The molecule has 3 nitrogen and oxygen atoms in total. The number of hydrogen-bond donors (Lipinski definition) is 2. The van der Waals surface area contributed by atoms with E-state index >= 15 is 0 Å². The van der Waals surface area contributed by atoms with E-state index < -0.39 is 0 Å². The molecule has 0 unspecified atom stereocenters. The van der Waals surface area contributed by atoms with Gasteiger partial charge in [-0.1, -0.05) is 45.0 Å². The molecule has 0 aliphatic heterocycles. The highest BCUT2D eigenvalue weighted by Gasteiger charge is 2.22. The fraction of sp³-hybridized carbons (Fsp3) is 0.353. The average molecular weight is 397 g/mol. The Morgan fingerprint density at radius 1 is 1.24 bits per heavy atom. The lowest BCUT2D eigenvalue weighted by Crippen LogP contribution is -2.28. The van der Waals surface area contributed by atoms with E-state index in [1.807, 2.05) is 51.1 Å². The van der Waals surface area contributed by atoms with E-state index in [0.717, 1.165) is 14.3 Å². The molecule has 0 heterocycles. The number of halogens is 1. The highest BCUT2D eigenvalue weighted by Crippen LogP contribution is 2.32. The zero-order valence-corrected chi connectivity index (χ0v) is 14.6. The molecule has 21 heavy (non-hydrogen) atoms. The second-order valence-electron chi connectivity index (χ2n) is 6.18. The van der Waals surface area contributed by atoms with E-state index in [4.69, 9.17) is 0 Å². The van der Waals surface area contributed by atoms with Gasteiger partial charge in [0.1, 0.15) is 5.75 Å². The molecule has 0 bridgehead atoms. The van der Waals surface area contributed by atoms with Gasteiger partial charge in [-0.3, -0.25) is 4.99 Å². The van der Waals surface area contributed by atoms with Gasteiger partial charge in [0, 0.05) is 20.7 Å². The minimum absolute atomic E-state index is 0.00850. The lowest BCUT2D eigenvalue weighted by molar-refractivity contribution is 0.191. The van der Waals surface area contributed by atoms with Gasteiger partial charge in [0.25, 0.3) is 0 Å². The molecule has 4 heteroatoms. The van der Waals surface area contributed by atoms with Crippen LogP contribution in [0, 0.1) is 8.99 Å². The van der Waals surface area contributed by atoms with Crippen LogP contribution in [-0.2, 0) is 0 Å². The lowest BCUT2D eigenvalue weighted by Gasteiger charge is -2.25. The number of aromatic hydroxyl groups is 1. The van der Waals surface area contributed by atoms with Crippen molar-refractivity contribution < 1.29 is 10.2 Å². The molecular weight excluding hydrogens is 377 g/mol. The Morgan fingerprint density at radius 2 is 1.86 bits per heavy atom. The Labute approximate surface area is 138 Å². The number of aliphatic hydroxyl groups is 1.